The Morgan fingerprint density at radius 1 is 1.40 bits per heavy atom. The van der Waals surface area contributed by atoms with Crippen LogP contribution in [0.5, 0.6) is 0 Å². The summed E-state index contributed by atoms with van der Waals surface area (Å²) in [5.41, 5.74) is 3.64. The summed E-state index contributed by atoms with van der Waals surface area (Å²) < 4.78 is 5.31. The van der Waals surface area contributed by atoms with Crippen molar-refractivity contribution in [2.24, 2.45) is 7.05 Å². The van der Waals surface area contributed by atoms with Crippen LogP contribution in [0.3, 0.4) is 0 Å². The SMILES string of the molecule is CCc1nn(C)c(Cn2ccc(CNC(C)C)c2)c1Br. The Kier molecular flexibility index (Phi) is 5.05. The molecule has 4 nitrogen and oxygen atoms in total. The Bertz CT molecular complexity index is 568. The van der Waals surface area contributed by atoms with Crippen molar-refractivity contribution < 1.29 is 0 Å². The average Bonchev–Trinajstić information content (AvgIpc) is 2.96. The summed E-state index contributed by atoms with van der Waals surface area (Å²) in [6, 6.07) is 2.68. The minimum Gasteiger partial charge on any atom is -0.348 e. The lowest BCUT2D eigenvalue weighted by Crippen LogP contribution is -2.21. The number of hydrogen-bond donors (Lipinski definition) is 1. The van der Waals surface area contributed by atoms with Gasteiger partial charge in [-0.25, -0.2) is 0 Å². The second kappa shape index (κ2) is 6.59. The second-order valence-corrected chi connectivity index (χ2v) is 6.21. The van der Waals surface area contributed by atoms with Crippen molar-refractivity contribution in [1.29, 1.82) is 0 Å². The van der Waals surface area contributed by atoms with Crippen LogP contribution < -0.4 is 5.32 Å². The molecule has 2 aromatic rings. The zero-order valence-electron chi connectivity index (χ0n) is 12.7. The summed E-state index contributed by atoms with van der Waals surface area (Å²) in [5.74, 6) is 0. The Labute approximate surface area is 129 Å². The van der Waals surface area contributed by atoms with Crippen LogP contribution in [-0.4, -0.2) is 20.4 Å². The first-order valence-electron chi connectivity index (χ1n) is 7.09. The molecule has 5 heteroatoms. The Hall–Kier alpha value is -1.07. The van der Waals surface area contributed by atoms with Crippen LogP contribution in [0.25, 0.3) is 0 Å². The molecule has 2 rings (SSSR count). The van der Waals surface area contributed by atoms with Gasteiger partial charge in [-0.2, -0.15) is 5.10 Å². The molecule has 110 valence electrons. The molecule has 1 N–H and O–H groups in total. The fraction of sp³-hybridized carbons (Fsp3) is 0.533. The third-order valence-electron chi connectivity index (χ3n) is 3.36. The van der Waals surface area contributed by atoms with Gasteiger partial charge in [0.25, 0.3) is 0 Å². The van der Waals surface area contributed by atoms with E-state index >= 15 is 0 Å². The summed E-state index contributed by atoms with van der Waals surface area (Å²) in [6.07, 6.45) is 5.27. The van der Waals surface area contributed by atoms with E-state index < -0.39 is 0 Å². The van der Waals surface area contributed by atoms with Gasteiger partial charge in [0, 0.05) is 32.0 Å². The molecule has 0 unspecified atom stereocenters. The molecule has 2 aromatic heterocycles. The molecule has 0 fully saturated rings. The Balaban J connectivity index is 2.09. The predicted molar refractivity (Wildman–Crippen MR) is 85.8 cm³/mol. The van der Waals surface area contributed by atoms with Crippen molar-refractivity contribution in [2.75, 3.05) is 0 Å². The highest BCUT2D eigenvalue weighted by molar-refractivity contribution is 9.10. The second-order valence-electron chi connectivity index (χ2n) is 5.41. The summed E-state index contributed by atoms with van der Waals surface area (Å²) in [4.78, 5) is 0. The van der Waals surface area contributed by atoms with Gasteiger partial charge in [-0.3, -0.25) is 4.68 Å². The van der Waals surface area contributed by atoms with Crippen molar-refractivity contribution in [1.82, 2.24) is 19.7 Å². The van der Waals surface area contributed by atoms with E-state index in [2.05, 4.69) is 70.1 Å². The molecule has 0 aromatic carbocycles. The van der Waals surface area contributed by atoms with Gasteiger partial charge in [0.1, 0.15) is 0 Å². The molecule has 0 bridgehead atoms. The average molecular weight is 339 g/mol. The molecular formula is C15H23BrN4. The van der Waals surface area contributed by atoms with E-state index in [0.717, 1.165) is 29.7 Å². The third-order valence-corrected chi connectivity index (χ3v) is 4.28. The van der Waals surface area contributed by atoms with Crippen molar-refractivity contribution in [3.63, 3.8) is 0 Å². The van der Waals surface area contributed by atoms with Crippen LogP contribution in [0, 0.1) is 0 Å². The zero-order chi connectivity index (χ0) is 14.7. The van der Waals surface area contributed by atoms with E-state index in [1.165, 1.54) is 11.3 Å². The molecule has 0 aliphatic carbocycles. The minimum absolute atomic E-state index is 0.511. The largest absolute Gasteiger partial charge is 0.348 e. The van der Waals surface area contributed by atoms with E-state index in [-0.39, 0.29) is 0 Å². The van der Waals surface area contributed by atoms with Crippen molar-refractivity contribution in [2.45, 2.75) is 46.3 Å². The highest BCUT2D eigenvalue weighted by Gasteiger charge is 2.12. The number of rotatable bonds is 6. The number of nitrogens with one attached hydrogen (secondary N) is 1. The van der Waals surface area contributed by atoms with E-state index in [1.54, 1.807) is 0 Å². The molecule has 2 heterocycles. The molecule has 0 spiro atoms. The third kappa shape index (κ3) is 3.52. The highest BCUT2D eigenvalue weighted by atomic mass is 79.9. The molecule has 0 saturated heterocycles. The van der Waals surface area contributed by atoms with E-state index in [0.29, 0.717) is 6.04 Å². The maximum atomic E-state index is 4.54. The smallest absolute Gasteiger partial charge is 0.0767 e. The monoisotopic (exact) mass is 338 g/mol. The Morgan fingerprint density at radius 3 is 2.75 bits per heavy atom. The maximum Gasteiger partial charge on any atom is 0.0767 e. The quantitative estimate of drug-likeness (QED) is 0.878. The topological polar surface area (TPSA) is 34.8 Å². The van der Waals surface area contributed by atoms with Gasteiger partial charge in [0.2, 0.25) is 0 Å². The van der Waals surface area contributed by atoms with Gasteiger partial charge in [-0.15, -0.1) is 0 Å². The number of aryl methyl sites for hydroxylation is 2. The lowest BCUT2D eigenvalue weighted by molar-refractivity contribution is 0.587. The molecule has 0 aliphatic heterocycles. The van der Waals surface area contributed by atoms with Crippen LogP contribution in [0.4, 0.5) is 0 Å². The van der Waals surface area contributed by atoms with Crippen molar-refractivity contribution in [3.8, 4) is 0 Å². The Morgan fingerprint density at radius 2 is 2.15 bits per heavy atom. The first kappa shape index (κ1) is 15.3. The van der Waals surface area contributed by atoms with Gasteiger partial charge in [0.05, 0.1) is 22.4 Å². The number of aromatic nitrogens is 3. The fourth-order valence-electron chi connectivity index (χ4n) is 2.18. The summed E-state index contributed by atoms with van der Waals surface area (Å²) >= 11 is 3.67. The van der Waals surface area contributed by atoms with Crippen LogP contribution in [0.2, 0.25) is 0 Å². The van der Waals surface area contributed by atoms with Crippen molar-refractivity contribution in [3.05, 3.63) is 39.9 Å². The zero-order valence-corrected chi connectivity index (χ0v) is 14.2. The molecule has 0 aliphatic rings. The molecule has 0 amide bonds. The van der Waals surface area contributed by atoms with Gasteiger partial charge < -0.3 is 9.88 Å². The molecule has 0 radical (unpaired) electrons. The molecule has 0 saturated carbocycles. The van der Waals surface area contributed by atoms with Gasteiger partial charge in [-0.1, -0.05) is 20.8 Å². The minimum atomic E-state index is 0.511. The number of nitrogens with zero attached hydrogens (tertiary/aromatic N) is 3. The highest BCUT2D eigenvalue weighted by Crippen LogP contribution is 2.22. The van der Waals surface area contributed by atoms with Crippen LogP contribution in [0.15, 0.2) is 22.9 Å². The van der Waals surface area contributed by atoms with Crippen LogP contribution in [-0.2, 0) is 26.6 Å². The molecule has 20 heavy (non-hydrogen) atoms. The standard InChI is InChI=1S/C15H23BrN4/c1-5-13-15(16)14(19(4)18-13)10-20-7-6-12(9-20)8-17-11(2)3/h6-7,9,11,17H,5,8,10H2,1-4H3. The van der Waals surface area contributed by atoms with E-state index in [1.807, 2.05) is 11.7 Å². The van der Waals surface area contributed by atoms with Gasteiger partial charge in [0.15, 0.2) is 0 Å². The lowest BCUT2D eigenvalue weighted by atomic mass is 10.3. The predicted octanol–water partition coefficient (Wildman–Crippen LogP) is 3.09. The van der Waals surface area contributed by atoms with E-state index in [4.69, 9.17) is 0 Å². The van der Waals surface area contributed by atoms with Crippen LogP contribution in [0.1, 0.15) is 37.7 Å². The molecule has 0 atom stereocenters. The summed E-state index contributed by atoms with van der Waals surface area (Å²) in [5, 5.41) is 7.97. The van der Waals surface area contributed by atoms with Crippen molar-refractivity contribution >= 4 is 15.9 Å². The summed E-state index contributed by atoms with van der Waals surface area (Å²) in [6.45, 7) is 8.21. The first-order valence-corrected chi connectivity index (χ1v) is 7.88. The number of halogens is 1. The lowest BCUT2D eigenvalue weighted by Gasteiger charge is -2.06. The van der Waals surface area contributed by atoms with Gasteiger partial charge >= 0.3 is 0 Å². The maximum absolute atomic E-state index is 4.54. The first-order chi connectivity index (χ1) is 9.51. The molecular weight excluding hydrogens is 316 g/mol. The normalized spacial score (nSPS) is 11.5. The number of hydrogen-bond acceptors (Lipinski definition) is 2. The van der Waals surface area contributed by atoms with Gasteiger partial charge in [-0.05, 0) is 34.0 Å². The summed E-state index contributed by atoms with van der Waals surface area (Å²) in [7, 11) is 2.00. The van der Waals surface area contributed by atoms with Crippen LogP contribution >= 0.6 is 15.9 Å². The fourth-order valence-corrected chi connectivity index (χ4v) is 2.92. The van der Waals surface area contributed by atoms with E-state index in [9.17, 15) is 0 Å².